The SMILES string of the molecule is Cc1ccccc1C(=O)c1c[nH]c2ncnc(NC3CCC(NC(=O)c4ccc(C(C)(C)C)cc4)CC3)c12. The zero-order valence-electron chi connectivity index (χ0n) is 22.5. The minimum atomic E-state index is -0.0471. The van der Waals surface area contributed by atoms with Crippen LogP contribution in [0.15, 0.2) is 61.1 Å². The van der Waals surface area contributed by atoms with Crippen molar-refractivity contribution in [1.29, 1.82) is 0 Å². The van der Waals surface area contributed by atoms with E-state index in [1.54, 1.807) is 6.20 Å². The summed E-state index contributed by atoms with van der Waals surface area (Å²) in [7, 11) is 0. The maximum absolute atomic E-state index is 13.4. The zero-order valence-corrected chi connectivity index (χ0v) is 22.5. The third kappa shape index (κ3) is 5.32. The highest BCUT2D eigenvalue weighted by molar-refractivity contribution is 6.18. The van der Waals surface area contributed by atoms with Crippen LogP contribution >= 0.6 is 0 Å². The van der Waals surface area contributed by atoms with Gasteiger partial charge in [0, 0.05) is 29.4 Å². The smallest absolute Gasteiger partial charge is 0.251 e. The zero-order chi connectivity index (χ0) is 26.9. The molecule has 0 radical (unpaired) electrons. The molecule has 7 nitrogen and oxygen atoms in total. The first-order valence-corrected chi connectivity index (χ1v) is 13.3. The maximum atomic E-state index is 13.4. The summed E-state index contributed by atoms with van der Waals surface area (Å²) < 4.78 is 0. The van der Waals surface area contributed by atoms with Crippen molar-refractivity contribution >= 4 is 28.5 Å². The van der Waals surface area contributed by atoms with Crippen LogP contribution < -0.4 is 10.6 Å². The average Bonchev–Trinajstić information content (AvgIpc) is 3.35. The van der Waals surface area contributed by atoms with Crippen LogP contribution in [-0.2, 0) is 5.41 Å². The molecule has 4 aromatic rings. The molecule has 196 valence electrons. The fourth-order valence-corrected chi connectivity index (χ4v) is 5.19. The highest BCUT2D eigenvalue weighted by Crippen LogP contribution is 2.29. The lowest BCUT2D eigenvalue weighted by atomic mass is 9.86. The van der Waals surface area contributed by atoms with Gasteiger partial charge in [0.1, 0.15) is 17.8 Å². The second kappa shape index (κ2) is 10.4. The number of nitrogens with one attached hydrogen (secondary N) is 3. The van der Waals surface area contributed by atoms with E-state index in [1.807, 2.05) is 55.5 Å². The van der Waals surface area contributed by atoms with Gasteiger partial charge in [0.15, 0.2) is 5.78 Å². The molecule has 5 rings (SSSR count). The molecular formula is C31H35N5O2. The van der Waals surface area contributed by atoms with Gasteiger partial charge in [-0.15, -0.1) is 0 Å². The van der Waals surface area contributed by atoms with Gasteiger partial charge in [-0.3, -0.25) is 9.59 Å². The topological polar surface area (TPSA) is 99.8 Å². The number of benzene rings is 2. The lowest BCUT2D eigenvalue weighted by Gasteiger charge is -2.30. The summed E-state index contributed by atoms with van der Waals surface area (Å²) >= 11 is 0. The molecule has 1 saturated carbocycles. The van der Waals surface area contributed by atoms with Crippen molar-refractivity contribution in [3.8, 4) is 0 Å². The van der Waals surface area contributed by atoms with Crippen LogP contribution in [0.3, 0.4) is 0 Å². The summed E-state index contributed by atoms with van der Waals surface area (Å²) in [6.07, 6.45) is 6.77. The van der Waals surface area contributed by atoms with Gasteiger partial charge in [-0.25, -0.2) is 9.97 Å². The van der Waals surface area contributed by atoms with Crippen molar-refractivity contribution in [2.45, 2.75) is 70.9 Å². The Morgan fingerprint density at radius 1 is 0.895 bits per heavy atom. The molecule has 0 saturated heterocycles. The molecule has 0 bridgehead atoms. The number of hydrogen-bond donors (Lipinski definition) is 3. The Morgan fingerprint density at radius 2 is 1.58 bits per heavy atom. The number of H-pyrrole nitrogens is 1. The van der Waals surface area contributed by atoms with E-state index in [9.17, 15) is 9.59 Å². The Hall–Kier alpha value is -4.00. The fourth-order valence-electron chi connectivity index (χ4n) is 5.19. The molecule has 2 heterocycles. The van der Waals surface area contributed by atoms with Gasteiger partial charge in [-0.1, -0.05) is 57.2 Å². The fraction of sp³-hybridized carbons (Fsp3) is 0.355. The molecule has 0 unspecified atom stereocenters. The molecule has 1 amide bonds. The van der Waals surface area contributed by atoms with Crippen LogP contribution in [-0.4, -0.2) is 38.7 Å². The van der Waals surface area contributed by atoms with E-state index in [0.717, 1.165) is 36.6 Å². The molecule has 0 atom stereocenters. The van der Waals surface area contributed by atoms with Crippen molar-refractivity contribution in [2.24, 2.45) is 0 Å². The third-order valence-corrected chi connectivity index (χ3v) is 7.52. The number of aryl methyl sites for hydroxylation is 1. The molecule has 0 spiro atoms. The van der Waals surface area contributed by atoms with E-state index in [2.05, 4.69) is 46.4 Å². The Balaban J connectivity index is 1.24. The summed E-state index contributed by atoms with van der Waals surface area (Å²) in [6, 6.07) is 15.8. The van der Waals surface area contributed by atoms with Gasteiger partial charge >= 0.3 is 0 Å². The predicted octanol–water partition coefficient (Wildman–Crippen LogP) is 5.95. The summed E-state index contributed by atoms with van der Waals surface area (Å²) in [6.45, 7) is 8.44. The van der Waals surface area contributed by atoms with E-state index in [-0.39, 0.29) is 29.2 Å². The standard InChI is InChI=1S/C31H35N5O2/c1-19-7-5-6-8-24(19)27(37)25-17-32-28-26(25)29(34-18-33-28)35-22-13-15-23(16-14-22)36-30(38)20-9-11-21(12-10-20)31(2,3)4/h5-12,17-18,22-23H,13-16H2,1-4H3,(H,36,38)(H2,32,33,34,35). The maximum Gasteiger partial charge on any atom is 0.251 e. The first-order valence-electron chi connectivity index (χ1n) is 13.3. The first kappa shape index (κ1) is 25.6. The van der Waals surface area contributed by atoms with Gasteiger partial charge in [0.25, 0.3) is 5.91 Å². The number of nitrogens with zero attached hydrogens (tertiary/aromatic N) is 2. The van der Waals surface area contributed by atoms with Gasteiger partial charge in [0.05, 0.1) is 10.9 Å². The number of aromatic nitrogens is 3. The lowest BCUT2D eigenvalue weighted by molar-refractivity contribution is 0.0926. The van der Waals surface area contributed by atoms with Crippen molar-refractivity contribution in [3.05, 3.63) is 88.9 Å². The van der Waals surface area contributed by atoms with Gasteiger partial charge in [0.2, 0.25) is 0 Å². The van der Waals surface area contributed by atoms with E-state index in [0.29, 0.717) is 28.2 Å². The Labute approximate surface area is 223 Å². The van der Waals surface area contributed by atoms with Crippen molar-refractivity contribution in [2.75, 3.05) is 5.32 Å². The van der Waals surface area contributed by atoms with Crippen LogP contribution in [0.4, 0.5) is 5.82 Å². The number of carbonyl (C=O) groups is 2. The number of ketones is 1. The highest BCUT2D eigenvalue weighted by Gasteiger charge is 2.25. The van der Waals surface area contributed by atoms with Crippen LogP contribution in [0.2, 0.25) is 0 Å². The van der Waals surface area contributed by atoms with E-state index in [4.69, 9.17) is 0 Å². The average molecular weight is 510 g/mol. The van der Waals surface area contributed by atoms with Crippen molar-refractivity contribution in [1.82, 2.24) is 20.3 Å². The monoisotopic (exact) mass is 509 g/mol. The third-order valence-electron chi connectivity index (χ3n) is 7.52. The minimum absolute atomic E-state index is 0.0222. The molecular weight excluding hydrogens is 474 g/mol. The van der Waals surface area contributed by atoms with Crippen LogP contribution in [0, 0.1) is 6.92 Å². The number of aromatic amines is 1. The van der Waals surface area contributed by atoms with Gasteiger partial charge in [-0.2, -0.15) is 0 Å². The Kier molecular flexibility index (Phi) is 7.02. The lowest BCUT2D eigenvalue weighted by Crippen LogP contribution is -2.40. The second-order valence-electron chi connectivity index (χ2n) is 11.3. The van der Waals surface area contributed by atoms with Gasteiger partial charge < -0.3 is 15.6 Å². The summed E-state index contributed by atoms with van der Waals surface area (Å²) in [5.41, 5.74) is 4.78. The Morgan fingerprint density at radius 3 is 2.26 bits per heavy atom. The van der Waals surface area contributed by atoms with E-state index >= 15 is 0 Å². The minimum Gasteiger partial charge on any atom is -0.367 e. The van der Waals surface area contributed by atoms with Crippen LogP contribution in [0.1, 0.15) is 83.9 Å². The molecule has 0 aliphatic heterocycles. The Bertz CT molecular complexity index is 1460. The van der Waals surface area contributed by atoms with E-state index < -0.39 is 0 Å². The van der Waals surface area contributed by atoms with Crippen LogP contribution in [0.5, 0.6) is 0 Å². The second-order valence-corrected chi connectivity index (χ2v) is 11.3. The summed E-state index contributed by atoms with van der Waals surface area (Å²) in [5.74, 6) is 0.597. The number of hydrogen-bond acceptors (Lipinski definition) is 5. The largest absolute Gasteiger partial charge is 0.367 e. The number of anilines is 1. The number of amides is 1. The van der Waals surface area contributed by atoms with E-state index in [1.165, 1.54) is 11.9 Å². The summed E-state index contributed by atoms with van der Waals surface area (Å²) in [4.78, 5) is 38.2. The molecule has 2 aromatic carbocycles. The summed E-state index contributed by atoms with van der Waals surface area (Å²) in [5, 5.41) is 7.49. The molecule has 1 aliphatic carbocycles. The number of carbonyl (C=O) groups excluding carboxylic acids is 2. The molecule has 38 heavy (non-hydrogen) atoms. The van der Waals surface area contributed by atoms with Crippen LogP contribution in [0.25, 0.3) is 11.0 Å². The normalized spacial score (nSPS) is 17.8. The van der Waals surface area contributed by atoms with Crippen molar-refractivity contribution < 1.29 is 9.59 Å². The molecule has 1 fully saturated rings. The highest BCUT2D eigenvalue weighted by atomic mass is 16.1. The quantitative estimate of drug-likeness (QED) is 0.279. The molecule has 3 N–H and O–H groups in total. The van der Waals surface area contributed by atoms with Gasteiger partial charge in [-0.05, 0) is 61.3 Å². The number of rotatable bonds is 6. The predicted molar refractivity (Wildman–Crippen MR) is 151 cm³/mol. The molecule has 7 heteroatoms. The molecule has 2 aromatic heterocycles. The number of fused-ring (bicyclic) bond motifs is 1. The molecule has 1 aliphatic rings. The van der Waals surface area contributed by atoms with Crippen molar-refractivity contribution in [3.63, 3.8) is 0 Å². The first-order chi connectivity index (χ1) is 18.2.